The molecule has 0 aliphatic carbocycles. The van der Waals surface area contributed by atoms with Crippen LogP contribution in [0.1, 0.15) is 10.4 Å². The Bertz CT molecular complexity index is 534. The van der Waals surface area contributed by atoms with Crippen molar-refractivity contribution < 1.29 is 27.8 Å². The van der Waals surface area contributed by atoms with Crippen molar-refractivity contribution in [3.8, 4) is 11.5 Å². The zero-order valence-electron chi connectivity index (χ0n) is 10.0. The van der Waals surface area contributed by atoms with Gasteiger partial charge in [0, 0.05) is 6.26 Å². The molecule has 0 saturated heterocycles. The molecule has 1 aromatic carbocycles. The lowest BCUT2D eigenvalue weighted by atomic mass is 10.2. The van der Waals surface area contributed by atoms with Crippen LogP contribution in [0.5, 0.6) is 11.5 Å². The van der Waals surface area contributed by atoms with E-state index >= 15 is 0 Å². The number of methoxy groups -OCH3 is 1. The average Bonchev–Trinajstić information content (AvgIpc) is 2.27. The van der Waals surface area contributed by atoms with Gasteiger partial charge in [-0.3, -0.25) is 0 Å². The second kappa shape index (κ2) is 5.72. The minimum atomic E-state index is -3.12. The molecule has 0 radical (unpaired) electrons. The lowest BCUT2D eigenvalue weighted by Gasteiger charge is -2.10. The van der Waals surface area contributed by atoms with Crippen molar-refractivity contribution in [3.63, 3.8) is 0 Å². The second-order valence-corrected chi connectivity index (χ2v) is 5.91. The molecule has 100 valence electrons. The Balaban J connectivity index is 2.85. The molecule has 0 amide bonds. The summed E-state index contributed by atoms with van der Waals surface area (Å²) in [5.74, 6) is -0.673. The van der Waals surface area contributed by atoms with E-state index in [1.807, 2.05) is 0 Å². The van der Waals surface area contributed by atoms with Crippen molar-refractivity contribution in [1.82, 2.24) is 0 Å². The number of hydrogen-bond donors (Lipinski definition) is 1. The second-order valence-electron chi connectivity index (χ2n) is 3.65. The van der Waals surface area contributed by atoms with E-state index in [4.69, 9.17) is 14.6 Å². The van der Waals surface area contributed by atoms with Crippen molar-refractivity contribution in [2.75, 3.05) is 25.7 Å². The molecule has 0 aliphatic heterocycles. The molecular formula is C11H14O6S. The SMILES string of the molecule is COc1ccc(C(=O)O)cc1OCCS(C)(=O)=O. The largest absolute Gasteiger partial charge is 0.493 e. The van der Waals surface area contributed by atoms with Crippen molar-refractivity contribution >= 4 is 15.8 Å². The summed E-state index contributed by atoms with van der Waals surface area (Å²) < 4.78 is 32.1. The molecule has 1 aromatic rings. The van der Waals surface area contributed by atoms with Crippen LogP contribution in [0.3, 0.4) is 0 Å². The summed E-state index contributed by atoms with van der Waals surface area (Å²) in [5.41, 5.74) is 0.0464. The number of aromatic carboxylic acids is 1. The average molecular weight is 274 g/mol. The Labute approximate surface area is 105 Å². The maximum absolute atomic E-state index is 10.9. The molecule has 0 unspecified atom stereocenters. The molecule has 0 bridgehead atoms. The summed E-state index contributed by atoms with van der Waals surface area (Å²) in [7, 11) is -1.71. The minimum absolute atomic E-state index is 0.0464. The van der Waals surface area contributed by atoms with Crippen LogP contribution in [0.25, 0.3) is 0 Å². The topological polar surface area (TPSA) is 89.9 Å². The van der Waals surface area contributed by atoms with Gasteiger partial charge >= 0.3 is 5.97 Å². The third-order valence-corrected chi connectivity index (χ3v) is 3.03. The summed E-state index contributed by atoms with van der Waals surface area (Å²) >= 11 is 0. The van der Waals surface area contributed by atoms with Crippen LogP contribution in [-0.4, -0.2) is 45.2 Å². The fourth-order valence-corrected chi connectivity index (χ4v) is 1.61. The van der Waals surface area contributed by atoms with Gasteiger partial charge < -0.3 is 14.6 Å². The van der Waals surface area contributed by atoms with Gasteiger partial charge in [0.05, 0.1) is 18.4 Å². The number of carboxylic acid groups (broad SMARTS) is 1. The zero-order valence-corrected chi connectivity index (χ0v) is 10.9. The number of carbonyl (C=O) groups is 1. The van der Waals surface area contributed by atoms with Crippen LogP contribution in [-0.2, 0) is 9.84 Å². The number of hydrogen-bond acceptors (Lipinski definition) is 5. The molecular weight excluding hydrogens is 260 g/mol. The van der Waals surface area contributed by atoms with E-state index in [-0.39, 0.29) is 23.7 Å². The number of ether oxygens (including phenoxy) is 2. The van der Waals surface area contributed by atoms with Gasteiger partial charge in [-0.2, -0.15) is 0 Å². The van der Waals surface area contributed by atoms with E-state index in [0.717, 1.165) is 6.26 Å². The highest BCUT2D eigenvalue weighted by Gasteiger charge is 2.11. The number of sulfone groups is 1. The maximum Gasteiger partial charge on any atom is 0.335 e. The summed E-state index contributed by atoms with van der Waals surface area (Å²) in [5, 5.41) is 8.84. The first-order valence-electron chi connectivity index (χ1n) is 5.05. The lowest BCUT2D eigenvalue weighted by Crippen LogP contribution is -2.12. The normalized spacial score (nSPS) is 11.0. The Morgan fingerprint density at radius 1 is 1.33 bits per heavy atom. The molecule has 0 atom stereocenters. The highest BCUT2D eigenvalue weighted by Crippen LogP contribution is 2.28. The number of rotatable bonds is 6. The summed E-state index contributed by atoms with van der Waals surface area (Å²) in [4.78, 5) is 10.8. The van der Waals surface area contributed by atoms with Crippen LogP contribution >= 0.6 is 0 Å². The fourth-order valence-electron chi connectivity index (χ4n) is 1.23. The van der Waals surface area contributed by atoms with E-state index in [9.17, 15) is 13.2 Å². The van der Waals surface area contributed by atoms with Gasteiger partial charge in [0.2, 0.25) is 0 Å². The van der Waals surface area contributed by atoms with Gasteiger partial charge in [-0.15, -0.1) is 0 Å². The van der Waals surface area contributed by atoms with Crippen molar-refractivity contribution in [3.05, 3.63) is 23.8 Å². The number of carboxylic acids is 1. The summed E-state index contributed by atoms with van der Waals surface area (Å²) in [6.45, 7) is -0.0573. The van der Waals surface area contributed by atoms with Crippen molar-refractivity contribution in [2.24, 2.45) is 0 Å². The van der Waals surface area contributed by atoms with Crippen LogP contribution in [0.15, 0.2) is 18.2 Å². The van der Waals surface area contributed by atoms with E-state index in [0.29, 0.717) is 5.75 Å². The molecule has 0 aliphatic rings. The first-order valence-corrected chi connectivity index (χ1v) is 7.11. The lowest BCUT2D eigenvalue weighted by molar-refractivity contribution is 0.0696. The molecule has 0 aromatic heterocycles. The Morgan fingerprint density at radius 2 is 2.00 bits per heavy atom. The third-order valence-electron chi connectivity index (χ3n) is 2.12. The van der Waals surface area contributed by atoms with E-state index in [1.54, 1.807) is 0 Å². The monoisotopic (exact) mass is 274 g/mol. The summed E-state index contributed by atoms with van der Waals surface area (Å²) in [6.07, 6.45) is 1.10. The predicted octanol–water partition coefficient (Wildman–Crippen LogP) is 0.817. The molecule has 6 nitrogen and oxygen atoms in total. The first-order chi connectivity index (χ1) is 8.33. The van der Waals surface area contributed by atoms with E-state index in [1.165, 1.54) is 25.3 Å². The first kappa shape index (κ1) is 14.3. The van der Waals surface area contributed by atoms with Crippen LogP contribution in [0.4, 0.5) is 0 Å². The van der Waals surface area contributed by atoms with Gasteiger partial charge in [0.15, 0.2) is 21.3 Å². The van der Waals surface area contributed by atoms with E-state index in [2.05, 4.69) is 0 Å². The summed E-state index contributed by atoms with van der Waals surface area (Å²) in [6, 6.07) is 4.13. The highest BCUT2D eigenvalue weighted by atomic mass is 32.2. The van der Waals surface area contributed by atoms with Crippen molar-refractivity contribution in [1.29, 1.82) is 0 Å². The van der Waals surface area contributed by atoms with Gasteiger partial charge in [-0.05, 0) is 18.2 Å². The third kappa shape index (κ3) is 4.25. The van der Waals surface area contributed by atoms with Crippen LogP contribution in [0, 0.1) is 0 Å². The Morgan fingerprint density at radius 3 is 2.50 bits per heavy atom. The minimum Gasteiger partial charge on any atom is -0.493 e. The molecule has 18 heavy (non-hydrogen) atoms. The van der Waals surface area contributed by atoms with Crippen LogP contribution < -0.4 is 9.47 Å². The quantitative estimate of drug-likeness (QED) is 0.825. The Kier molecular flexibility index (Phi) is 4.55. The molecule has 0 saturated carbocycles. The molecule has 1 rings (SSSR count). The molecule has 7 heteroatoms. The molecule has 0 fully saturated rings. The maximum atomic E-state index is 10.9. The van der Waals surface area contributed by atoms with Gasteiger partial charge in [0.1, 0.15) is 6.61 Å². The van der Waals surface area contributed by atoms with Crippen molar-refractivity contribution in [2.45, 2.75) is 0 Å². The number of benzene rings is 1. The Hall–Kier alpha value is -1.76. The highest BCUT2D eigenvalue weighted by molar-refractivity contribution is 7.90. The predicted molar refractivity (Wildman–Crippen MR) is 65.2 cm³/mol. The van der Waals surface area contributed by atoms with Gasteiger partial charge in [-0.25, -0.2) is 13.2 Å². The fraction of sp³-hybridized carbons (Fsp3) is 0.364. The van der Waals surface area contributed by atoms with Crippen LogP contribution in [0.2, 0.25) is 0 Å². The molecule has 0 heterocycles. The molecule has 1 N–H and O–H groups in total. The van der Waals surface area contributed by atoms with Gasteiger partial charge in [0.25, 0.3) is 0 Å². The molecule has 0 spiro atoms. The van der Waals surface area contributed by atoms with Gasteiger partial charge in [-0.1, -0.05) is 0 Å². The standard InChI is InChI=1S/C11H14O6S/c1-16-9-4-3-8(11(12)13)7-10(9)17-5-6-18(2,14)15/h3-4,7H,5-6H2,1-2H3,(H,12,13). The zero-order chi connectivity index (χ0) is 13.8. The smallest absolute Gasteiger partial charge is 0.335 e. The van der Waals surface area contributed by atoms with E-state index < -0.39 is 15.8 Å².